The van der Waals surface area contributed by atoms with Crippen LogP contribution in [-0.2, 0) is 4.79 Å². The predicted octanol–water partition coefficient (Wildman–Crippen LogP) is 5.63. The van der Waals surface area contributed by atoms with Gasteiger partial charge in [0.15, 0.2) is 0 Å². The maximum atomic E-state index is 12.2. The second kappa shape index (κ2) is 6.87. The zero-order valence-corrected chi connectivity index (χ0v) is 15.6. The molecule has 1 aromatic carbocycles. The molecule has 0 aliphatic rings. The molecule has 1 aromatic rings. The molecule has 0 fully saturated rings. The lowest BCUT2D eigenvalue weighted by molar-refractivity contribution is -0.122. The normalized spacial score (nSPS) is 14.8. The molecular weight excluding hydrogens is 384 g/mol. The Morgan fingerprint density at radius 3 is 2.25 bits per heavy atom. The van der Waals surface area contributed by atoms with E-state index in [4.69, 9.17) is 34.8 Å². The molecule has 0 spiro atoms. The van der Waals surface area contributed by atoms with Crippen molar-refractivity contribution in [1.82, 2.24) is 5.32 Å². The molecule has 20 heavy (non-hydrogen) atoms. The van der Waals surface area contributed by atoms with Gasteiger partial charge in [0.1, 0.15) is 0 Å². The summed E-state index contributed by atoms with van der Waals surface area (Å²) in [6.45, 7) is 7.82. The Labute approximate surface area is 143 Å². The number of nitrogens with one attached hydrogen (secondary N) is 1. The Morgan fingerprint density at radius 2 is 1.75 bits per heavy atom. The molecule has 0 aliphatic carbocycles. The van der Waals surface area contributed by atoms with Gasteiger partial charge in [-0.3, -0.25) is 4.79 Å². The number of carbonyl (C=O) groups excluding carboxylic acids is 1. The van der Waals surface area contributed by atoms with Gasteiger partial charge in [0.25, 0.3) is 0 Å². The van der Waals surface area contributed by atoms with Crippen molar-refractivity contribution >= 4 is 56.6 Å². The van der Waals surface area contributed by atoms with Gasteiger partial charge >= 0.3 is 0 Å². The maximum absolute atomic E-state index is 12.2. The van der Waals surface area contributed by atoms with Crippen LogP contribution >= 0.6 is 50.7 Å². The summed E-state index contributed by atoms with van der Waals surface area (Å²) >= 11 is 21.5. The molecule has 1 rings (SSSR count). The third-order valence-corrected chi connectivity index (χ3v) is 5.98. The molecule has 0 bridgehead atoms. The monoisotopic (exact) mass is 399 g/mol. The van der Waals surface area contributed by atoms with Crippen LogP contribution in [0.15, 0.2) is 12.1 Å². The Kier molecular flexibility index (Phi) is 6.21. The van der Waals surface area contributed by atoms with Crippen LogP contribution in [0.5, 0.6) is 0 Å². The first-order chi connectivity index (χ1) is 9.05. The molecule has 6 heteroatoms. The van der Waals surface area contributed by atoms with Crippen molar-refractivity contribution < 1.29 is 4.79 Å². The molecule has 2 unspecified atom stereocenters. The average molecular weight is 402 g/mol. The fraction of sp³-hybridized carbons (Fsp3) is 0.500. The number of alkyl halides is 1. The van der Waals surface area contributed by atoms with E-state index in [9.17, 15) is 4.79 Å². The zero-order chi connectivity index (χ0) is 15.7. The van der Waals surface area contributed by atoms with Gasteiger partial charge in [-0.2, -0.15) is 0 Å². The molecule has 0 saturated heterocycles. The van der Waals surface area contributed by atoms with E-state index < -0.39 is 0 Å². The second-order valence-electron chi connectivity index (χ2n) is 5.72. The van der Waals surface area contributed by atoms with Crippen LogP contribution in [0.25, 0.3) is 0 Å². The van der Waals surface area contributed by atoms with Crippen molar-refractivity contribution in [3.8, 4) is 0 Å². The molecule has 0 radical (unpaired) electrons. The van der Waals surface area contributed by atoms with Crippen LogP contribution in [0.3, 0.4) is 0 Å². The Hall–Kier alpha value is 0.0400. The average Bonchev–Trinajstić information content (AvgIpc) is 2.33. The first-order valence-electron chi connectivity index (χ1n) is 6.13. The largest absolute Gasteiger partial charge is 0.349 e. The Morgan fingerprint density at radius 1 is 1.20 bits per heavy atom. The number of carbonyl (C=O) groups is 1. The topological polar surface area (TPSA) is 29.1 Å². The summed E-state index contributed by atoms with van der Waals surface area (Å²) in [4.78, 5) is 11.9. The highest BCUT2D eigenvalue weighted by molar-refractivity contribution is 9.10. The summed E-state index contributed by atoms with van der Waals surface area (Å²) in [6, 6.07) is 3.18. The summed E-state index contributed by atoms with van der Waals surface area (Å²) in [7, 11) is 0. The fourth-order valence-electron chi connectivity index (χ4n) is 1.63. The summed E-state index contributed by atoms with van der Waals surface area (Å²) in [5, 5.41) is 3.99. The van der Waals surface area contributed by atoms with Crippen molar-refractivity contribution in [3.63, 3.8) is 0 Å². The highest BCUT2D eigenvalue weighted by atomic mass is 79.9. The van der Waals surface area contributed by atoms with E-state index in [1.54, 1.807) is 12.1 Å². The number of benzene rings is 1. The Bertz CT molecular complexity index is 514. The van der Waals surface area contributed by atoms with Crippen LogP contribution in [0, 0.1) is 5.41 Å². The third kappa shape index (κ3) is 4.27. The molecule has 0 aliphatic heterocycles. The van der Waals surface area contributed by atoms with Gasteiger partial charge in [-0.25, -0.2) is 0 Å². The van der Waals surface area contributed by atoms with Gasteiger partial charge < -0.3 is 5.32 Å². The van der Waals surface area contributed by atoms with Gasteiger partial charge in [0.2, 0.25) is 5.91 Å². The number of amides is 1. The molecule has 1 amide bonds. The first-order valence-corrected chi connectivity index (χ1v) is 8.18. The van der Waals surface area contributed by atoms with Crippen LogP contribution < -0.4 is 5.32 Å². The van der Waals surface area contributed by atoms with Crippen LogP contribution in [0.1, 0.15) is 39.3 Å². The molecule has 0 saturated carbocycles. The zero-order valence-electron chi connectivity index (χ0n) is 11.7. The highest BCUT2D eigenvalue weighted by Gasteiger charge is 2.29. The van der Waals surface area contributed by atoms with Gasteiger partial charge in [-0.05, 0) is 24.0 Å². The number of rotatable bonds is 3. The van der Waals surface area contributed by atoms with Gasteiger partial charge in [0, 0.05) is 0 Å². The van der Waals surface area contributed by atoms with E-state index in [-0.39, 0.29) is 22.2 Å². The minimum absolute atomic E-state index is 0.0906. The third-order valence-electron chi connectivity index (χ3n) is 2.88. The van der Waals surface area contributed by atoms with E-state index >= 15 is 0 Å². The van der Waals surface area contributed by atoms with Gasteiger partial charge in [-0.15, -0.1) is 0 Å². The van der Waals surface area contributed by atoms with Crippen LogP contribution in [0.4, 0.5) is 0 Å². The lowest BCUT2D eigenvalue weighted by atomic mass is 9.91. The van der Waals surface area contributed by atoms with E-state index in [2.05, 4.69) is 21.2 Å². The van der Waals surface area contributed by atoms with Gasteiger partial charge in [0.05, 0.1) is 25.9 Å². The van der Waals surface area contributed by atoms with Gasteiger partial charge in [-0.1, -0.05) is 77.6 Å². The predicted molar refractivity (Wildman–Crippen MR) is 90.2 cm³/mol. The fourth-order valence-corrected chi connectivity index (χ4v) is 2.47. The van der Waals surface area contributed by atoms with Crippen molar-refractivity contribution in [1.29, 1.82) is 0 Å². The SMILES string of the molecule is CC(NC(=O)C(Br)C(C)(C)C)c1ccc(Cl)c(Cl)c1Cl. The van der Waals surface area contributed by atoms with Crippen molar-refractivity contribution in [2.24, 2.45) is 5.41 Å². The summed E-state index contributed by atoms with van der Waals surface area (Å²) < 4.78 is 0. The smallest absolute Gasteiger partial charge is 0.234 e. The van der Waals surface area contributed by atoms with E-state index in [0.717, 1.165) is 5.56 Å². The highest BCUT2D eigenvalue weighted by Crippen LogP contribution is 2.35. The molecule has 1 N–H and O–H groups in total. The molecule has 0 aromatic heterocycles. The number of hydrogen-bond donors (Lipinski definition) is 1. The first kappa shape index (κ1) is 18.1. The Balaban J connectivity index is 2.90. The number of halogens is 4. The maximum Gasteiger partial charge on any atom is 0.234 e. The summed E-state index contributed by atoms with van der Waals surface area (Å²) in [5.74, 6) is -0.0906. The molecule has 2 nitrogen and oxygen atoms in total. The van der Waals surface area contributed by atoms with Crippen LogP contribution in [0.2, 0.25) is 15.1 Å². The standard InChI is InChI=1S/C14H17BrCl3NO/c1-7(19-13(20)12(15)14(2,3)4)8-5-6-9(16)11(18)10(8)17/h5-7,12H,1-4H3,(H,19,20). The lowest BCUT2D eigenvalue weighted by Crippen LogP contribution is -2.39. The van der Waals surface area contributed by atoms with Crippen molar-refractivity contribution in [3.05, 3.63) is 32.8 Å². The quantitative estimate of drug-likeness (QED) is 0.516. The lowest BCUT2D eigenvalue weighted by Gasteiger charge is -2.26. The minimum Gasteiger partial charge on any atom is -0.349 e. The molecule has 0 heterocycles. The van der Waals surface area contributed by atoms with Crippen molar-refractivity contribution in [2.45, 2.75) is 38.6 Å². The molecular formula is C14H17BrCl3NO. The minimum atomic E-state index is -0.293. The second-order valence-corrected chi connectivity index (χ2v) is 7.80. The molecule has 112 valence electrons. The van der Waals surface area contributed by atoms with E-state index in [1.165, 1.54) is 0 Å². The summed E-state index contributed by atoms with van der Waals surface area (Å²) in [5.41, 5.74) is 0.564. The number of hydrogen-bond acceptors (Lipinski definition) is 1. The molecule has 2 atom stereocenters. The van der Waals surface area contributed by atoms with Crippen molar-refractivity contribution in [2.75, 3.05) is 0 Å². The van der Waals surface area contributed by atoms with Crippen LogP contribution in [-0.4, -0.2) is 10.7 Å². The van der Waals surface area contributed by atoms with E-state index in [1.807, 2.05) is 27.7 Å². The summed E-state index contributed by atoms with van der Waals surface area (Å²) in [6.07, 6.45) is 0. The van der Waals surface area contributed by atoms with E-state index in [0.29, 0.717) is 15.1 Å².